The van der Waals surface area contributed by atoms with Crippen molar-refractivity contribution in [2.75, 3.05) is 6.61 Å². The third kappa shape index (κ3) is 3.94. The van der Waals surface area contributed by atoms with Crippen LogP contribution in [0.2, 0.25) is 0 Å². The molecule has 0 spiro atoms. The second kappa shape index (κ2) is 5.69. The van der Waals surface area contributed by atoms with Crippen LogP contribution in [0, 0.1) is 15.9 Å². The average molecular weight is 293 g/mol. The van der Waals surface area contributed by atoms with E-state index < -0.39 is 43.9 Å². The third-order valence-corrected chi connectivity index (χ3v) is 3.03. The molecule has 0 aliphatic rings. The first-order valence-corrected chi connectivity index (χ1v) is 6.08. The first kappa shape index (κ1) is 14.9. The van der Waals surface area contributed by atoms with Crippen LogP contribution in [0.5, 0.6) is 0 Å². The van der Waals surface area contributed by atoms with Gasteiger partial charge in [-0.2, -0.15) is 0 Å². The Bertz CT molecular complexity index is 617. The highest BCUT2D eigenvalue weighted by Crippen LogP contribution is 2.20. The van der Waals surface area contributed by atoms with E-state index in [9.17, 15) is 27.7 Å². The Morgan fingerprint density at radius 1 is 1.53 bits per heavy atom. The van der Waals surface area contributed by atoms with Gasteiger partial charge in [-0.15, -0.1) is 0 Å². The van der Waals surface area contributed by atoms with Crippen molar-refractivity contribution >= 4 is 21.6 Å². The molecule has 9 nitrogen and oxygen atoms in total. The summed E-state index contributed by atoms with van der Waals surface area (Å²) < 4.78 is 36.4. The number of amides is 1. The van der Waals surface area contributed by atoms with Crippen molar-refractivity contribution in [3.63, 3.8) is 0 Å². The molecule has 0 radical (unpaired) electrons. The van der Waals surface area contributed by atoms with Crippen LogP contribution in [0.25, 0.3) is 0 Å². The normalized spacial score (nSPS) is 11.2. The summed E-state index contributed by atoms with van der Waals surface area (Å²) in [6.07, 6.45) is 0. The third-order valence-electron chi connectivity index (χ3n) is 1.80. The lowest BCUT2D eigenvalue weighted by molar-refractivity contribution is -0.385. The lowest BCUT2D eigenvalue weighted by Crippen LogP contribution is -2.30. The highest BCUT2D eigenvalue weighted by molar-refractivity contribution is 7.89. The molecule has 0 unspecified atom stereocenters. The summed E-state index contributed by atoms with van der Waals surface area (Å²) in [6.45, 7) is -0.768. The highest BCUT2D eigenvalue weighted by atomic mass is 32.2. The summed E-state index contributed by atoms with van der Waals surface area (Å²) in [7, 11) is -4.50. The molecule has 0 aliphatic carbocycles. The van der Waals surface area contributed by atoms with E-state index in [-0.39, 0.29) is 0 Å². The number of benzene rings is 1. The van der Waals surface area contributed by atoms with E-state index >= 15 is 0 Å². The number of carbonyl (C=O) groups is 1. The van der Waals surface area contributed by atoms with Gasteiger partial charge >= 0.3 is 0 Å². The number of hydrogen-bond donors (Lipinski definition) is 2. The predicted octanol–water partition coefficient (Wildman–Crippen LogP) is -0.571. The standard InChI is InChI=1S/C8H8FN3O6S/c9-6-2-1-5(12(14)15)3-7(6)19(16,17)11-18-4-8(10)13/h1-3,11H,4H2,(H2,10,13). The summed E-state index contributed by atoms with van der Waals surface area (Å²) in [6, 6.07) is 1.95. The van der Waals surface area contributed by atoms with E-state index in [0.717, 1.165) is 6.07 Å². The van der Waals surface area contributed by atoms with Crippen LogP contribution >= 0.6 is 0 Å². The second-order valence-electron chi connectivity index (χ2n) is 3.21. The van der Waals surface area contributed by atoms with Crippen molar-refractivity contribution in [3.8, 4) is 0 Å². The van der Waals surface area contributed by atoms with Gasteiger partial charge in [-0.05, 0) is 6.07 Å². The monoisotopic (exact) mass is 293 g/mol. The van der Waals surface area contributed by atoms with Crippen LogP contribution in [0.1, 0.15) is 0 Å². The van der Waals surface area contributed by atoms with Crippen molar-refractivity contribution in [3.05, 3.63) is 34.1 Å². The van der Waals surface area contributed by atoms with Crippen LogP contribution in [-0.2, 0) is 19.7 Å². The summed E-state index contributed by atoms with van der Waals surface area (Å²) >= 11 is 0. The topological polar surface area (TPSA) is 142 Å². The molecule has 104 valence electrons. The Kier molecular flexibility index (Phi) is 4.47. The summed E-state index contributed by atoms with van der Waals surface area (Å²) in [5, 5.41) is 10.5. The molecule has 19 heavy (non-hydrogen) atoms. The molecule has 0 heterocycles. The largest absolute Gasteiger partial charge is 0.368 e. The van der Waals surface area contributed by atoms with Crippen molar-refractivity contribution < 1.29 is 27.4 Å². The number of hydrogen-bond acceptors (Lipinski definition) is 6. The van der Waals surface area contributed by atoms with E-state index in [1.807, 2.05) is 0 Å². The van der Waals surface area contributed by atoms with E-state index in [0.29, 0.717) is 12.1 Å². The molecule has 0 aromatic heterocycles. The lowest BCUT2D eigenvalue weighted by atomic mass is 10.3. The Morgan fingerprint density at radius 2 is 2.16 bits per heavy atom. The fourth-order valence-corrected chi connectivity index (χ4v) is 1.94. The first-order chi connectivity index (χ1) is 8.74. The van der Waals surface area contributed by atoms with Gasteiger partial charge < -0.3 is 5.73 Å². The van der Waals surface area contributed by atoms with Gasteiger partial charge in [0.15, 0.2) is 0 Å². The maximum absolute atomic E-state index is 13.3. The maximum atomic E-state index is 13.3. The minimum absolute atomic E-state index is 0.519. The average Bonchev–Trinajstić information content (AvgIpc) is 2.28. The van der Waals surface area contributed by atoms with Crippen molar-refractivity contribution in [1.29, 1.82) is 0 Å². The quantitative estimate of drug-likeness (QED) is 0.531. The zero-order chi connectivity index (χ0) is 14.6. The predicted molar refractivity (Wildman–Crippen MR) is 58.5 cm³/mol. The molecule has 0 saturated heterocycles. The zero-order valence-electron chi connectivity index (χ0n) is 9.20. The number of nitrogens with zero attached hydrogens (tertiary/aromatic N) is 1. The number of halogens is 1. The molecule has 1 rings (SSSR count). The number of primary amides is 1. The van der Waals surface area contributed by atoms with E-state index in [2.05, 4.69) is 4.84 Å². The number of rotatable bonds is 6. The second-order valence-corrected chi connectivity index (χ2v) is 4.83. The molecule has 1 aromatic rings. The smallest absolute Gasteiger partial charge is 0.270 e. The van der Waals surface area contributed by atoms with E-state index in [4.69, 9.17) is 5.73 Å². The molecule has 1 aromatic carbocycles. The summed E-state index contributed by atoms with van der Waals surface area (Å²) in [5.41, 5.74) is 4.08. The Labute approximate surface area is 106 Å². The molecule has 0 bridgehead atoms. The van der Waals surface area contributed by atoms with Gasteiger partial charge in [0.05, 0.1) is 4.92 Å². The molecule has 11 heteroatoms. The number of sulfonamides is 1. The van der Waals surface area contributed by atoms with Gasteiger partial charge in [0.2, 0.25) is 5.91 Å². The van der Waals surface area contributed by atoms with Crippen LogP contribution < -0.4 is 10.6 Å². The van der Waals surface area contributed by atoms with Gasteiger partial charge in [0.25, 0.3) is 15.7 Å². The molecule has 0 saturated carbocycles. The van der Waals surface area contributed by atoms with Crippen LogP contribution in [-0.4, -0.2) is 25.9 Å². The lowest BCUT2D eigenvalue weighted by Gasteiger charge is -2.06. The van der Waals surface area contributed by atoms with Gasteiger partial charge in [0.1, 0.15) is 17.3 Å². The summed E-state index contributed by atoms with van der Waals surface area (Å²) in [5.74, 6) is -2.16. The minimum atomic E-state index is -4.50. The number of carbonyl (C=O) groups excluding carboxylic acids is 1. The van der Waals surface area contributed by atoms with Crippen LogP contribution in [0.4, 0.5) is 10.1 Å². The maximum Gasteiger partial charge on any atom is 0.270 e. The fourth-order valence-electron chi connectivity index (χ4n) is 1.03. The van der Waals surface area contributed by atoms with Crippen LogP contribution in [0.3, 0.4) is 0 Å². The molecule has 0 fully saturated rings. The Balaban J connectivity index is 3.03. The number of nitro benzene ring substituents is 1. The summed E-state index contributed by atoms with van der Waals surface area (Å²) in [4.78, 5) is 24.6. The number of nitro groups is 1. The SMILES string of the molecule is NC(=O)CONS(=O)(=O)c1cc([N+](=O)[O-])ccc1F. The van der Waals surface area contributed by atoms with E-state index in [1.54, 1.807) is 0 Å². The zero-order valence-corrected chi connectivity index (χ0v) is 10.0. The Hall–Kier alpha value is -2.11. The van der Waals surface area contributed by atoms with Gasteiger partial charge in [-0.25, -0.2) is 12.8 Å². The van der Waals surface area contributed by atoms with Crippen molar-refractivity contribution in [2.45, 2.75) is 4.90 Å². The first-order valence-electron chi connectivity index (χ1n) is 4.60. The molecule has 0 atom stereocenters. The number of non-ortho nitro benzene ring substituents is 1. The highest BCUT2D eigenvalue weighted by Gasteiger charge is 2.23. The van der Waals surface area contributed by atoms with E-state index in [1.165, 1.54) is 4.89 Å². The van der Waals surface area contributed by atoms with Crippen molar-refractivity contribution in [1.82, 2.24) is 4.89 Å². The molecule has 1 amide bonds. The van der Waals surface area contributed by atoms with Gasteiger partial charge in [-0.1, -0.05) is 4.89 Å². The number of nitrogens with one attached hydrogen (secondary N) is 1. The van der Waals surface area contributed by atoms with Crippen molar-refractivity contribution in [2.24, 2.45) is 5.73 Å². The Morgan fingerprint density at radius 3 is 2.68 bits per heavy atom. The molecule has 3 N–H and O–H groups in total. The molecular weight excluding hydrogens is 285 g/mol. The van der Waals surface area contributed by atoms with Gasteiger partial charge in [-0.3, -0.25) is 19.7 Å². The molecule has 0 aliphatic heterocycles. The molecular formula is C8H8FN3O6S. The van der Waals surface area contributed by atoms with Gasteiger partial charge in [0, 0.05) is 12.1 Å². The van der Waals surface area contributed by atoms with Crippen LogP contribution in [0.15, 0.2) is 23.1 Å². The number of nitrogens with two attached hydrogens (primary N) is 1. The minimum Gasteiger partial charge on any atom is -0.368 e. The fraction of sp³-hybridized carbons (Fsp3) is 0.125.